The van der Waals surface area contributed by atoms with Crippen LogP contribution in [-0.2, 0) is 11.3 Å². The molecule has 22 heavy (non-hydrogen) atoms. The highest BCUT2D eigenvalue weighted by atomic mass is 35.5. The van der Waals surface area contributed by atoms with Gasteiger partial charge in [-0.1, -0.05) is 30.3 Å². The Morgan fingerprint density at radius 1 is 1.32 bits per heavy atom. The van der Waals surface area contributed by atoms with E-state index >= 15 is 0 Å². The lowest BCUT2D eigenvalue weighted by molar-refractivity contribution is -0.132. The predicted molar refractivity (Wildman–Crippen MR) is 95.6 cm³/mol. The minimum atomic E-state index is 0. The lowest BCUT2D eigenvalue weighted by Crippen LogP contribution is -2.40. The molecular formula is C16H27Cl2N3O. The van der Waals surface area contributed by atoms with E-state index in [1.807, 2.05) is 30.1 Å². The monoisotopic (exact) mass is 347 g/mol. The van der Waals surface area contributed by atoms with Crippen molar-refractivity contribution in [3.05, 3.63) is 35.9 Å². The van der Waals surface area contributed by atoms with E-state index in [0.29, 0.717) is 25.0 Å². The molecule has 1 amide bonds. The van der Waals surface area contributed by atoms with Crippen LogP contribution in [0.25, 0.3) is 0 Å². The summed E-state index contributed by atoms with van der Waals surface area (Å²) >= 11 is 0. The van der Waals surface area contributed by atoms with Gasteiger partial charge >= 0.3 is 0 Å². The zero-order chi connectivity index (χ0) is 14.5. The molecule has 6 heteroatoms. The van der Waals surface area contributed by atoms with Crippen molar-refractivity contribution in [1.29, 1.82) is 0 Å². The number of amides is 1. The molecule has 1 aromatic rings. The predicted octanol–water partition coefficient (Wildman–Crippen LogP) is 2.16. The first-order valence-electron chi connectivity index (χ1n) is 7.32. The van der Waals surface area contributed by atoms with Crippen molar-refractivity contribution >= 4 is 30.7 Å². The third-order valence-corrected chi connectivity index (χ3v) is 4.02. The van der Waals surface area contributed by atoms with Crippen LogP contribution in [0.2, 0.25) is 0 Å². The van der Waals surface area contributed by atoms with Crippen LogP contribution in [0.15, 0.2) is 30.3 Å². The van der Waals surface area contributed by atoms with Crippen molar-refractivity contribution in [2.24, 2.45) is 11.7 Å². The van der Waals surface area contributed by atoms with Crippen molar-refractivity contribution in [3.8, 4) is 0 Å². The van der Waals surface area contributed by atoms with Gasteiger partial charge in [0, 0.05) is 19.1 Å². The molecule has 0 aliphatic carbocycles. The zero-order valence-electron chi connectivity index (χ0n) is 13.3. The molecular weight excluding hydrogens is 321 g/mol. The molecule has 1 fully saturated rings. The molecule has 0 saturated carbocycles. The fourth-order valence-electron chi connectivity index (χ4n) is 2.93. The number of rotatable bonds is 5. The molecule has 2 N–H and O–H groups in total. The summed E-state index contributed by atoms with van der Waals surface area (Å²) < 4.78 is 0. The number of nitrogens with two attached hydrogens (primary N) is 1. The van der Waals surface area contributed by atoms with E-state index in [0.717, 1.165) is 19.5 Å². The first-order valence-corrected chi connectivity index (χ1v) is 7.32. The highest BCUT2D eigenvalue weighted by Gasteiger charge is 2.31. The standard InChI is InChI=1S/C16H25N3O.2ClH/c1-13-8-15(9-17)11-19(13)16(20)12-18(2)10-14-6-4-3-5-7-14;;/h3-7,13,15H,8-12,17H2,1-2H3;2*1H. The molecule has 1 aromatic carbocycles. The summed E-state index contributed by atoms with van der Waals surface area (Å²) in [6.07, 6.45) is 1.03. The molecule has 1 heterocycles. The van der Waals surface area contributed by atoms with Crippen molar-refractivity contribution in [2.75, 3.05) is 26.7 Å². The van der Waals surface area contributed by atoms with Crippen molar-refractivity contribution in [2.45, 2.75) is 25.9 Å². The molecule has 0 aromatic heterocycles. The Morgan fingerprint density at radius 2 is 1.95 bits per heavy atom. The van der Waals surface area contributed by atoms with Crippen LogP contribution >= 0.6 is 24.8 Å². The highest BCUT2D eigenvalue weighted by Crippen LogP contribution is 2.22. The number of carbonyl (C=O) groups excluding carboxylic acids is 1. The van der Waals surface area contributed by atoms with Gasteiger partial charge in [0.25, 0.3) is 0 Å². The summed E-state index contributed by atoms with van der Waals surface area (Å²) in [5, 5.41) is 0. The van der Waals surface area contributed by atoms with Crippen molar-refractivity contribution < 1.29 is 4.79 Å². The number of likely N-dealkylation sites (tertiary alicyclic amines) is 1. The van der Waals surface area contributed by atoms with Gasteiger partial charge in [-0.05, 0) is 38.4 Å². The number of halogens is 2. The molecule has 1 aliphatic heterocycles. The number of hydrogen-bond donors (Lipinski definition) is 1. The summed E-state index contributed by atoms with van der Waals surface area (Å²) in [4.78, 5) is 16.4. The summed E-state index contributed by atoms with van der Waals surface area (Å²) in [5.74, 6) is 0.681. The summed E-state index contributed by atoms with van der Waals surface area (Å²) in [6, 6.07) is 10.6. The van der Waals surface area contributed by atoms with Crippen LogP contribution in [0.3, 0.4) is 0 Å². The van der Waals surface area contributed by atoms with E-state index in [2.05, 4.69) is 24.0 Å². The SMILES string of the molecule is CC1CC(CN)CN1C(=O)CN(C)Cc1ccccc1.Cl.Cl. The average molecular weight is 348 g/mol. The van der Waals surface area contributed by atoms with E-state index in [9.17, 15) is 4.79 Å². The maximum atomic E-state index is 12.4. The highest BCUT2D eigenvalue weighted by molar-refractivity contribution is 5.85. The first kappa shape index (κ1) is 21.2. The van der Waals surface area contributed by atoms with Gasteiger partial charge in [0.2, 0.25) is 5.91 Å². The normalized spacial score (nSPS) is 20.5. The van der Waals surface area contributed by atoms with Gasteiger partial charge in [0.05, 0.1) is 6.54 Å². The molecule has 126 valence electrons. The molecule has 0 spiro atoms. The van der Waals surface area contributed by atoms with Gasteiger partial charge in [-0.3, -0.25) is 9.69 Å². The van der Waals surface area contributed by atoms with Gasteiger partial charge in [-0.2, -0.15) is 0 Å². The Morgan fingerprint density at radius 3 is 2.50 bits per heavy atom. The third kappa shape index (κ3) is 5.76. The number of benzene rings is 1. The van der Waals surface area contributed by atoms with E-state index < -0.39 is 0 Å². The first-order chi connectivity index (χ1) is 9.60. The van der Waals surface area contributed by atoms with Crippen LogP contribution in [0.5, 0.6) is 0 Å². The maximum absolute atomic E-state index is 12.4. The van der Waals surface area contributed by atoms with Crippen LogP contribution in [0.4, 0.5) is 0 Å². The van der Waals surface area contributed by atoms with Gasteiger partial charge < -0.3 is 10.6 Å². The van der Waals surface area contributed by atoms with Gasteiger partial charge in [-0.25, -0.2) is 0 Å². The fourth-order valence-corrected chi connectivity index (χ4v) is 2.93. The van der Waals surface area contributed by atoms with Crippen molar-refractivity contribution in [1.82, 2.24) is 9.80 Å². The van der Waals surface area contributed by atoms with E-state index in [-0.39, 0.29) is 30.7 Å². The second kappa shape index (κ2) is 10.1. The maximum Gasteiger partial charge on any atom is 0.236 e. The third-order valence-electron chi connectivity index (χ3n) is 4.02. The molecule has 2 atom stereocenters. The average Bonchev–Trinajstić information content (AvgIpc) is 2.81. The summed E-state index contributed by atoms with van der Waals surface area (Å²) in [6.45, 7) is 4.88. The van der Waals surface area contributed by atoms with Gasteiger partial charge in [-0.15, -0.1) is 24.8 Å². The van der Waals surface area contributed by atoms with E-state index in [4.69, 9.17) is 5.73 Å². The quantitative estimate of drug-likeness (QED) is 0.887. The lowest BCUT2D eigenvalue weighted by Gasteiger charge is -2.25. The van der Waals surface area contributed by atoms with E-state index in [1.165, 1.54) is 5.56 Å². The van der Waals surface area contributed by atoms with Crippen molar-refractivity contribution in [3.63, 3.8) is 0 Å². The Kier molecular flexibility index (Phi) is 9.69. The topological polar surface area (TPSA) is 49.6 Å². The number of nitrogens with zero attached hydrogens (tertiary/aromatic N) is 2. The number of carbonyl (C=O) groups is 1. The Bertz CT molecular complexity index is 444. The van der Waals surface area contributed by atoms with E-state index in [1.54, 1.807) is 0 Å². The Hall–Kier alpha value is -0.810. The van der Waals surface area contributed by atoms with Crippen LogP contribution in [-0.4, -0.2) is 48.4 Å². The molecule has 2 unspecified atom stereocenters. The van der Waals surface area contributed by atoms with Crippen LogP contribution < -0.4 is 5.73 Å². The Balaban J connectivity index is 0.00000220. The second-order valence-corrected chi connectivity index (χ2v) is 5.89. The number of hydrogen-bond acceptors (Lipinski definition) is 3. The Labute approximate surface area is 145 Å². The molecule has 1 saturated heterocycles. The molecule has 0 bridgehead atoms. The lowest BCUT2D eigenvalue weighted by atomic mass is 10.1. The molecule has 2 rings (SSSR count). The minimum absolute atomic E-state index is 0. The zero-order valence-corrected chi connectivity index (χ0v) is 14.9. The number of likely N-dealkylation sites (N-methyl/N-ethyl adjacent to an activating group) is 1. The smallest absolute Gasteiger partial charge is 0.236 e. The fraction of sp³-hybridized carbons (Fsp3) is 0.562. The second-order valence-electron chi connectivity index (χ2n) is 5.89. The summed E-state index contributed by atoms with van der Waals surface area (Å²) in [5.41, 5.74) is 6.95. The summed E-state index contributed by atoms with van der Waals surface area (Å²) in [7, 11) is 1.99. The van der Waals surface area contributed by atoms with Crippen LogP contribution in [0.1, 0.15) is 18.9 Å². The molecule has 1 aliphatic rings. The van der Waals surface area contributed by atoms with Gasteiger partial charge in [0.1, 0.15) is 0 Å². The largest absolute Gasteiger partial charge is 0.339 e. The van der Waals surface area contributed by atoms with Crippen LogP contribution in [0, 0.1) is 5.92 Å². The molecule has 0 radical (unpaired) electrons. The minimum Gasteiger partial charge on any atom is -0.339 e. The van der Waals surface area contributed by atoms with Gasteiger partial charge in [0.15, 0.2) is 0 Å². The molecule has 4 nitrogen and oxygen atoms in total.